The number of hydrogen-bond donors (Lipinski definition) is 0. The van der Waals surface area contributed by atoms with Crippen LogP contribution in [0.2, 0.25) is 0 Å². The van der Waals surface area contributed by atoms with Crippen LogP contribution in [0.4, 0.5) is 8.78 Å². The van der Waals surface area contributed by atoms with Crippen molar-refractivity contribution in [1.82, 2.24) is 9.88 Å². The summed E-state index contributed by atoms with van der Waals surface area (Å²) in [6.07, 6.45) is 1.50. The van der Waals surface area contributed by atoms with Crippen molar-refractivity contribution >= 4 is 5.91 Å². The number of carbonyl (C=O) groups is 1. The first-order valence-corrected chi connectivity index (χ1v) is 8.80. The van der Waals surface area contributed by atoms with Crippen molar-refractivity contribution in [2.45, 2.75) is 19.6 Å². The molecular weight excluding hydrogens is 362 g/mol. The number of halogens is 2. The molecule has 4 nitrogen and oxygen atoms in total. The van der Waals surface area contributed by atoms with Gasteiger partial charge in [-0.05, 0) is 36.2 Å². The van der Waals surface area contributed by atoms with E-state index in [0.29, 0.717) is 23.6 Å². The van der Waals surface area contributed by atoms with Crippen LogP contribution < -0.4 is 4.74 Å². The van der Waals surface area contributed by atoms with E-state index in [1.165, 1.54) is 17.2 Å². The van der Waals surface area contributed by atoms with Gasteiger partial charge in [-0.15, -0.1) is 0 Å². The van der Waals surface area contributed by atoms with Gasteiger partial charge < -0.3 is 9.64 Å². The highest BCUT2D eigenvalue weighted by atomic mass is 19.2. The van der Waals surface area contributed by atoms with Gasteiger partial charge in [0.1, 0.15) is 6.61 Å². The van der Waals surface area contributed by atoms with Crippen molar-refractivity contribution in [1.29, 1.82) is 0 Å². The van der Waals surface area contributed by atoms with Crippen LogP contribution in [0, 0.1) is 11.6 Å². The van der Waals surface area contributed by atoms with E-state index in [2.05, 4.69) is 4.98 Å². The molecular formula is C22H20F2N2O2. The van der Waals surface area contributed by atoms with Crippen LogP contribution in [0.3, 0.4) is 0 Å². The minimum absolute atomic E-state index is 0.274. The highest BCUT2D eigenvalue weighted by Crippen LogP contribution is 2.23. The molecule has 0 bridgehead atoms. The molecule has 0 fully saturated rings. The maximum Gasteiger partial charge on any atom is 0.254 e. The van der Waals surface area contributed by atoms with E-state index in [4.69, 9.17) is 4.74 Å². The predicted molar refractivity (Wildman–Crippen MR) is 102 cm³/mol. The van der Waals surface area contributed by atoms with Gasteiger partial charge in [0.15, 0.2) is 11.6 Å². The molecule has 0 aliphatic heterocycles. The Morgan fingerprint density at radius 3 is 2.54 bits per heavy atom. The van der Waals surface area contributed by atoms with Crippen LogP contribution in [0.25, 0.3) is 0 Å². The average molecular weight is 382 g/mol. The van der Waals surface area contributed by atoms with Crippen molar-refractivity contribution < 1.29 is 18.3 Å². The number of amides is 1. The molecule has 3 aromatic rings. The lowest BCUT2D eigenvalue weighted by molar-refractivity contribution is 0.0741. The molecule has 0 radical (unpaired) electrons. The summed E-state index contributed by atoms with van der Waals surface area (Å²) in [4.78, 5) is 18.4. The van der Waals surface area contributed by atoms with Crippen molar-refractivity contribution in [3.05, 3.63) is 95.2 Å². The second-order valence-electron chi connectivity index (χ2n) is 6.42. The second-order valence-corrected chi connectivity index (χ2v) is 6.42. The molecule has 0 aliphatic carbocycles. The first-order chi connectivity index (χ1) is 13.5. The fourth-order valence-electron chi connectivity index (χ4n) is 2.73. The standard InChI is InChI=1S/C22H20F2N2O2/c1-15(17-8-9-19(23)20(24)12-17)26(2)22(27)18-10-11-25-21(13-18)28-14-16-6-4-3-5-7-16/h3-13,15H,14H2,1-2H3. The summed E-state index contributed by atoms with van der Waals surface area (Å²) in [6, 6.07) is 16.0. The van der Waals surface area contributed by atoms with E-state index < -0.39 is 17.7 Å². The number of hydrogen-bond acceptors (Lipinski definition) is 3. The van der Waals surface area contributed by atoms with E-state index >= 15 is 0 Å². The molecule has 0 aliphatic rings. The second kappa shape index (κ2) is 8.61. The molecule has 1 aromatic heterocycles. The van der Waals surface area contributed by atoms with E-state index in [1.807, 2.05) is 30.3 Å². The van der Waals surface area contributed by atoms with Crippen molar-refractivity contribution in [2.75, 3.05) is 7.05 Å². The summed E-state index contributed by atoms with van der Waals surface area (Å²) in [6.45, 7) is 2.09. The fraction of sp³-hybridized carbons (Fsp3) is 0.182. The summed E-state index contributed by atoms with van der Waals surface area (Å²) in [5.74, 6) is -1.79. The summed E-state index contributed by atoms with van der Waals surface area (Å²) in [5, 5.41) is 0. The van der Waals surface area contributed by atoms with Gasteiger partial charge in [-0.3, -0.25) is 4.79 Å². The smallest absolute Gasteiger partial charge is 0.254 e. The Morgan fingerprint density at radius 1 is 1.07 bits per heavy atom. The Kier molecular flexibility index (Phi) is 5.99. The molecule has 0 N–H and O–H groups in total. The average Bonchev–Trinajstić information content (AvgIpc) is 2.73. The largest absolute Gasteiger partial charge is 0.473 e. The highest BCUT2D eigenvalue weighted by Gasteiger charge is 2.20. The Hall–Kier alpha value is -3.28. The quantitative estimate of drug-likeness (QED) is 0.617. The normalized spacial score (nSPS) is 11.7. The van der Waals surface area contributed by atoms with E-state index in [1.54, 1.807) is 26.1 Å². The molecule has 1 unspecified atom stereocenters. The van der Waals surface area contributed by atoms with E-state index in [0.717, 1.165) is 17.7 Å². The molecule has 1 atom stereocenters. The number of carbonyl (C=O) groups excluding carboxylic acids is 1. The maximum atomic E-state index is 13.5. The fourth-order valence-corrected chi connectivity index (χ4v) is 2.73. The van der Waals surface area contributed by atoms with E-state index in [9.17, 15) is 13.6 Å². The monoisotopic (exact) mass is 382 g/mol. The van der Waals surface area contributed by atoms with Crippen molar-refractivity contribution in [3.63, 3.8) is 0 Å². The van der Waals surface area contributed by atoms with Crippen LogP contribution in [0.5, 0.6) is 5.88 Å². The molecule has 3 rings (SSSR count). The first kappa shape index (κ1) is 19.5. The van der Waals surface area contributed by atoms with Crippen molar-refractivity contribution in [3.8, 4) is 5.88 Å². The minimum Gasteiger partial charge on any atom is -0.473 e. The van der Waals surface area contributed by atoms with Gasteiger partial charge in [-0.1, -0.05) is 36.4 Å². The van der Waals surface area contributed by atoms with Crippen LogP contribution in [-0.4, -0.2) is 22.8 Å². The van der Waals surface area contributed by atoms with Crippen LogP contribution >= 0.6 is 0 Å². The number of aromatic nitrogens is 1. The van der Waals surface area contributed by atoms with Gasteiger partial charge in [0, 0.05) is 24.9 Å². The van der Waals surface area contributed by atoms with E-state index in [-0.39, 0.29) is 5.91 Å². The number of nitrogens with zero attached hydrogens (tertiary/aromatic N) is 2. The van der Waals surface area contributed by atoms with Crippen LogP contribution in [0.1, 0.15) is 34.5 Å². The van der Waals surface area contributed by atoms with Gasteiger partial charge in [0.2, 0.25) is 5.88 Å². The van der Waals surface area contributed by atoms with Gasteiger partial charge in [0.05, 0.1) is 6.04 Å². The SMILES string of the molecule is CC(c1ccc(F)c(F)c1)N(C)C(=O)c1ccnc(OCc2ccccc2)c1. The zero-order valence-corrected chi connectivity index (χ0v) is 15.6. The molecule has 0 saturated carbocycles. The maximum absolute atomic E-state index is 13.5. The molecule has 1 amide bonds. The first-order valence-electron chi connectivity index (χ1n) is 8.80. The number of ether oxygens (including phenoxy) is 1. The predicted octanol–water partition coefficient (Wildman–Crippen LogP) is 4.77. The lowest BCUT2D eigenvalue weighted by Gasteiger charge is -2.25. The lowest BCUT2D eigenvalue weighted by Crippen LogP contribution is -2.29. The topological polar surface area (TPSA) is 42.4 Å². The zero-order valence-electron chi connectivity index (χ0n) is 15.6. The summed E-state index contributed by atoms with van der Waals surface area (Å²) in [5.41, 5.74) is 1.89. The Balaban J connectivity index is 1.71. The molecule has 144 valence electrons. The summed E-state index contributed by atoms with van der Waals surface area (Å²) in [7, 11) is 1.61. The van der Waals surface area contributed by atoms with Gasteiger partial charge in [-0.25, -0.2) is 13.8 Å². The van der Waals surface area contributed by atoms with Crippen LogP contribution in [-0.2, 0) is 6.61 Å². The summed E-state index contributed by atoms with van der Waals surface area (Å²) < 4.78 is 32.3. The summed E-state index contributed by atoms with van der Waals surface area (Å²) >= 11 is 0. The van der Waals surface area contributed by atoms with Crippen molar-refractivity contribution in [2.24, 2.45) is 0 Å². The van der Waals surface area contributed by atoms with Gasteiger partial charge in [-0.2, -0.15) is 0 Å². The molecule has 2 aromatic carbocycles. The minimum atomic E-state index is -0.939. The Morgan fingerprint density at radius 2 is 1.82 bits per heavy atom. The van der Waals surface area contributed by atoms with Crippen LogP contribution in [0.15, 0.2) is 66.9 Å². The molecule has 6 heteroatoms. The Bertz CT molecular complexity index is 964. The van der Waals surface area contributed by atoms with Gasteiger partial charge >= 0.3 is 0 Å². The number of pyridine rings is 1. The molecule has 0 spiro atoms. The third kappa shape index (κ3) is 4.52. The molecule has 28 heavy (non-hydrogen) atoms. The molecule has 0 saturated heterocycles. The number of rotatable bonds is 6. The van der Waals surface area contributed by atoms with Gasteiger partial charge in [0.25, 0.3) is 5.91 Å². The third-order valence-corrected chi connectivity index (χ3v) is 4.54. The Labute approximate surface area is 162 Å². The zero-order chi connectivity index (χ0) is 20.1. The number of benzene rings is 2. The molecule has 1 heterocycles. The lowest BCUT2D eigenvalue weighted by atomic mass is 10.1. The third-order valence-electron chi connectivity index (χ3n) is 4.54. The highest BCUT2D eigenvalue weighted by molar-refractivity contribution is 5.94.